The van der Waals surface area contributed by atoms with Crippen LogP contribution in [0.3, 0.4) is 0 Å². The number of aromatic carboxylic acids is 1. The molecule has 1 heterocycles. The highest BCUT2D eigenvalue weighted by Gasteiger charge is 2.23. The Morgan fingerprint density at radius 1 is 1.52 bits per heavy atom. The van der Waals surface area contributed by atoms with Crippen LogP contribution in [0.1, 0.15) is 23.7 Å². The molecule has 8 heteroatoms. The van der Waals surface area contributed by atoms with Crippen molar-refractivity contribution in [1.82, 2.24) is 4.90 Å². The molecule has 1 fully saturated rings. The number of nitro groups is 1. The first-order chi connectivity index (χ1) is 10.9. The number of nitro benzene ring substituents is 1. The van der Waals surface area contributed by atoms with Crippen LogP contribution in [0.5, 0.6) is 0 Å². The van der Waals surface area contributed by atoms with Crippen LogP contribution in [-0.4, -0.2) is 64.8 Å². The van der Waals surface area contributed by atoms with Gasteiger partial charge in [0.2, 0.25) is 0 Å². The van der Waals surface area contributed by atoms with Gasteiger partial charge in [-0.3, -0.25) is 15.0 Å². The van der Waals surface area contributed by atoms with E-state index in [9.17, 15) is 20.0 Å². The Morgan fingerprint density at radius 3 is 2.78 bits per heavy atom. The van der Waals surface area contributed by atoms with Gasteiger partial charge in [0.1, 0.15) is 5.56 Å². The van der Waals surface area contributed by atoms with E-state index in [1.165, 1.54) is 12.1 Å². The molecule has 8 nitrogen and oxygen atoms in total. The van der Waals surface area contributed by atoms with E-state index in [0.717, 1.165) is 19.5 Å². The minimum atomic E-state index is -1.31. The number of anilines is 1. The second-order valence-corrected chi connectivity index (χ2v) is 5.59. The van der Waals surface area contributed by atoms with Gasteiger partial charge >= 0.3 is 5.97 Å². The molecular weight excluding hydrogens is 302 g/mol. The van der Waals surface area contributed by atoms with Gasteiger partial charge in [-0.1, -0.05) is 0 Å². The lowest BCUT2D eigenvalue weighted by Gasteiger charge is -2.26. The normalized spacial score (nSPS) is 18.1. The number of rotatable bonds is 7. The SMILES string of the molecule is CCN(CCN1CCC(O)C1)c1ccc(C(=O)O)c([N+](=O)[O-])c1. The maximum absolute atomic E-state index is 11.1. The Hall–Kier alpha value is -2.19. The Morgan fingerprint density at radius 2 is 2.26 bits per heavy atom. The number of hydrogen-bond donors (Lipinski definition) is 2. The molecule has 0 radical (unpaired) electrons. The van der Waals surface area contributed by atoms with Crippen molar-refractivity contribution >= 4 is 17.3 Å². The van der Waals surface area contributed by atoms with Crippen molar-refractivity contribution in [2.45, 2.75) is 19.4 Å². The highest BCUT2D eigenvalue weighted by molar-refractivity contribution is 5.93. The van der Waals surface area contributed by atoms with Crippen molar-refractivity contribution in [2.24, 2.45) is 0 Å². The van der Waals surface area contributed by atoms with E-state index in [1.54, 1.807) is 6.07 Å². The number of aliphatic hydroxyl groups is 1. The molecule has 0 amide bonds. The minimum Gasteiger partial charge on any atom is -0.477 e. The third-order valence-electron chi connectivity index (χ3n) is 4.09. The van der Waals surface area contributed by atoms with E-state index in [0.29, 0.717) is 25.3 Å². The number of β-amino-alcohol motifs (C(OH)–C–C–N with tert-alkyl or cyclic N) is 1. The summed E-state index contributed by atoms with van der Waals surface area (Å²) in [5.41, 5.74) is -0.0774. The number of carboxylic acid groups (broad SMARTS) is 1. The van der Waals surface area contributed by atoms with Crippen LogP contribution in [-0.2, 0) is 0 Å². The van der Waals surface area contributed by atoms with E-state index >= 15 is 0 Å². The molecule has 1 atom stereocenters. The van der Waals surface area contributed by atoms with E-state index in [4.69, 9.17) is 5.11 Å². The Labute approximate surface area is 134 Å². The number of carboxylic acids is 1. The summed E-state index contributed by atoms with van der Waals surface area (Å²) in [5, 5.41) is 29.6. The molecule has 0 aliphatic carbocycles. The van der Waals surface area contributed by atoms with Crippen LogP contribution in [0.2, 0.25) is 0 Å². The van der Waals surface area contributed by atoms with Crippen molar-refractivity contribution in [3.8, 4) is 0 Å². The predicted octanol–water partition coefficient (Wildman–Crippen LogP) is 1.19. The lowest BCUT2D eigenvalue weighted by atomic mass is 10.1. The average molecular weight is 323 g/mol. The molecule has 0 saturated carbocycles. The fourth-order valence-electron chi connectivity index (χ4n) is 2.80. The molecule has 1 saturated heterocycles. The van der Waals surface area contributed by atoms with Gasteiger partial charge in [-0.25, -0.2) is 4.79 Å². The summed E-state index contributed by atoms with van der Waals surface area (Å²) in [7, 11) is 0. The highest BCUT2D eigenvalue weighted by Crippen LogP contribution is 2.26. The number of likely N-dealkylation sites (N-methyl/N-ethyl adjacent to an activating group) is 1. The lowest BCUT2D eigenvalue weighted by Crippen LogP contribution is -2.34. The maximum atomic E-state index is 11.1. The fourth-order valence-corrected chi connectivity index (χ4v) is 2.80. The van der Waals surface area contributed by atoms with Gasteiger partial charge in [0, 0.05) is 44.5 Å². The number of benzene rings is 1. The molecule has 0 spiro atoms. The highest BCUT2D eigenvalue weighted by atomic mass is 16.6. The standard InChI is InChI=1S/C15H21N3O5/c1-2-17(8-7-16-6-5-12(19)10-16)11-3-4-13(15(20)21)14(9-11)18(22)23/h3-4,9,12,19H,2,5-8,10H2,1H3,(H,20,21). The minimum absolute atomic E-state index is 0.277. The number of carbonyl (C=O) groups is 1. The summed E-state index contributed by atoms with van der Waals surface area (Å²) in [6.07, 6.45) is 0.492. The number of aliphatic hydroxyl groups excluding tert-OH is 1. The van der Waals surface area contributed by atoms with Crippen molar-refractivity contribution in [1.29, 1.82) is 0 Å². The predicted molar refractivity (Wildman–Crippen MR) is 85.0 cm³/mol. The second kappa shape index (κ2) is 7.38. The number of nitrogens with zero attached hydrogens (tertiary/aromatic N) is 3. The smallest absolute Gasteiger partial charge is 0.342 e. The zero-order valence-electron chi connectivity index (χ0n) is 13.0. The van der Waals surface area contributed by atoms with Gasteiger partial charge in [0.15, 0.2) is 0 Å². The van der Waals surface area contributed by atoms with E-state index < -0.39 is 16.6 Å². The van der Waals surface area contributed by atoms with Crippen molar-refractivity contribution in [3.63, 3.8) is 0 Å². The molecule has 0 aromatic heterocycles. The molecule has 1 aromatic rings. The lowest BCUT2D eigenvalue weighted by molar-refractivity contribution is -0.385. The van der Waals surface area contributed by atoms with Crippen molar-refractivity contribution in [3.05, 3.63) is 33.9 Å². The second-order valence-electron chi connectivity index (χ2n) is 5.59. The molecule has 126 valence electrons. The van der Waals surface area contributed by atoms with Gasteiger partial charge in [-0.15, -0.1) is 0 Å². The van der Waals surface area contributed by atoms with E-state index in [2.05, 4.69) is 4.90 Å². The Bertz CT molecular complexity index is 592. The first-order valence-electron chi connectivity index (χ1n) is 7.59. The molecule has 0 bridgehead atoms. The van der Waals surface area contributed by atoms with E-state index in [1.807, 2.05) is 11.8 Å². The van der Waals surface area contributed by atoms with Gasteiger partial charge in [0.05, 0.1) is 11.0 Å². The average Bonchev–Trinajstić information content (AvgIpc) is 2.93. The first-order valence-corrected chi connectivity index (χ1v) is 7.59. The molecule has 2 rings (SSSR count). The van der Waals surface area contributed by atoms with Gasteiger partial charge in [-0.2, -0.15) is 0 Å². The molecule has 1 aliphatic rings. The maximum Gasteiger partial charge on any atom is 0.342 e. The summed E-state index contributed by atoms with van der Waals surface area (Å²) < 4.78 is 0. The molecule has 1 aromatic carbocycles. The number of hydrogen-bond acceptors (Lipinski definition) is 6. The summed E-state index contributed by atoms with van der Waals surface area (Å²) in [4.78, 5) is 25.6. The monoisotopic (exact) mass is 323 g/mol. The third-order valence-corrected chi connectivity index (χ3v) is 4.09. The zero-order valence-corrected chi connectivity index (χ0v) is 13.0. The molecule has 1 aliphatic heterocycles. The fraction of sp³-hybridized carbons (Fsp3) is 0.533. The molecule has 1 unspecified atom stereocenters. The molecule has 23 heavy (non-hydrogen) atoms. The van der Waals surface area contributed by atoms with Gasteiger partial charge in [0.25, 0.3) is 5.69 Å². The van der Waals surface area contributed by atoms with Gasteiger partial charge in [-0.05, 0) is 25.5 Å². The third kappa shape index (κ3) is 4.17. The summed E-state index contributed by atoms with van der Waals surface area (Å²) in [5.74, 6) is -1.31. The van der Waals surface area contributed by atoms with Crippen LogP contribution >= 0.6 is 0 Å². The first kappa shape index (κ1) is 17.2. The van der Waals surface area contributed by atoms with Crippen LogP contribution in [0.4, 0.5) is 11.4 Å². The Kier molecular flexibility index (Phi) is 5.51. The summed E-state index contributed by atoms with van der Waals surface area (Å²) in [6, 6.07) is 4.18. The molecule has 2 N–H and O–H groups in total. The van der Waals surface area contributed by atoms with Crippen LogP contribution < -0.4 is 4.90 Å². The zero-order chi connectivity index (χ0) is 17.0. The quantitative estimate of drug-likeness (QED) is 0.573. The van der Waals surface area contributed by atoms with E-state index in [-0.39, 0.29) is 11.7 Å². The van der Waals surface area contributed by atoms with Crippen LogP contribution in [0, 0.1) is 10.1 Å². The Balaban J connectivity index is 2.12. The summed E-state index contributed by atoms with van der Waals surface area (Å²) >= 11 is 0. The van der Waals surface area contributed by atoms with Crippen molar-refractivity contribution in [2.75, 3.05) is 37.6 Å². The van der Waals surface area contributed by atoms with Gasteiger partial charge < -0.3 is 15.1 Å². The van der Waals surface area contributed by atoms with Crippen LogP contribution in [0.15, 0.2) is 18.2 Å². The number of likely N-dealkylation sites (tertiary alicyclic amines) is 1. The van der Waals surface area contributed by atoms with Crippen LogP contribution in [0.25, 0.3) is 0 Å². The van der Waals surface area contributed by atoms with Crippen molar-refractivity contribution < 1.29 is 19.9 Å². The largest absolute Gasteiger partial charge is 0.477 e. The molecular formula is C15H21N3O5. The topological polar surface area (TPSA) is 107 Å². The summed E-state index contributed by atoms with van der Waals surface area (Å²) in [6.45, 7) is 5.49.